The number of rotatable bonds is 3. The van der Waals surface area contributed by atoms with Gasteiger partial charge in [-0.2, -0.15) is 0 Å². The van der Waals surface area contributed by atoms with Crippen molar-refractivity contribution in [3.8, 4) is 0 Å². The minimum atomic E-state index is 0.583. The van der Waals surface area contributed by atoms with E-state index in [4.69, 9.17) is 0 Å². The van der Waals surface area contributed by atoms with Gasteiger partial charge in [-0.15, -0.1) is 0 Å². The summed E-state index contributed by atoms with van der Waals surface area (Å²) in [5, 5.41) is 0. The predicted octanol–water partition coefficient (Wildman–Crippen LogP) is 0.262. The van der Waals surface area contributed by atoms with Gasteiger partial charge in [-0.05, 0) is 0 Å². The van der Waals surface area contributed by atoms with Crippen LogP contribution in [0.4, 0.5) is 0 Å². The normalized spacial score (nSPS) is 10.7. The zero-order chi connectivity index (χ0) is 8.31. The second-order valence-electron chi connectivity index (χ2n) is 2.88. The molecule has 0 radical (unpaired) electrons. The SMILES string of the molecule is CC(C)N(C(=[Se])[SeH])C(C)C. The van der Waals surface area contributed by atoms with Crippen LogP contribution in [0.1, 0.15) is 27.7 Å². The van der Waals surface area contributed by atoms with Crippen LogP contribution in [0.5, 0.6) is 0 Å². The Bertz CT molecular complexity index is 113. The van der Waals surface area contributed by atoms with E-state index in [9.17, 15) is 0 Å². The van der Waals surface area contributed by atoms with Gasteiger partial charge in [0.1, 0.15) is 0 Å². The van der Waals surface area contributed by atoms with Gasteiger partial charge in [-0.1, -0.05) is 0 Å². The second kappa shape index (κ2) is 4.56. The van der Waals surface area contributed by atoms with Crippen LogP contribution < -0.4 is 0 Å². The molecule has 0 atom stereocenters. The Labute approximate surface area is 79.7 Å². The molecular weight excluding hydrogens is 256 g/mol. The third kappa shape index (κ3) is 3.20. The van der Waals surface area contributed by atoms with Crippen LogP contribution in [-0.2, 0) is 0 Å². The van der Waals surface area contributed by atoms with Crippen molar-refractivity contribution in [2.75, 3.05) is 0 Å². The van der Waals surface area contributed by atoms with E-state index in [0.29, 0.717) is 12.1 Å². The summed E-state index contributed by atoms with van der Waals surface area (Å²) in [4.78, 5) is 2.33. The summed E-state index contributed by atoms with van der Waals surface area (Å²) >= 11 is 5.57. The van der Waals surface area contributed by atoms with E-state index < -0.39 is 0 Å². The molecule has 0 bridgehead atoms. The van der Waals surface area contributed by atoms with Gasteiger partial charge in [0.25, 0.3) is 0 Å². The van der Waals surface area contributed by atoms with Gasteiger partial charge in [-0.25, -0.2) is 0 Å². The Morgan fingerprint density at radius 1 is 1.20 bits per heavy atom. The van der Waals surface area contributed by atoms with Gasteiger partial charge in [0.15, 0.2) is 0 Å². The first-order valence-electron chi connectivity index (χ1n) is 3.48. The fourth-order valence-corrected chi connectivity index (χ4v) is 2.89. The van der Waals surface area contributed by atoms with Gasteiger partial charge >= 0.3 is 79.7 Å². The van der Waals surface area contributed by atoms with Crippen molar-refractivity contribution < 1.29 is 0 Å². The fourth-order valence-electron chi connectivity index (χ4n) is 1.04. The van der Waals surface area contributed by atoms with E-state index in [-0.39, 0.29) is 0 Å². The van der Waals surface area contributed by atoms with E-state index in [0.717, 1.165) is 0 Å². The van der Waals surface area contributed by atoms with E-state index >= 15 is 0 Å². The molecule has 0 aliphatic rings. The molecule has 60 valence electrons. The van der Waals surface area contributed by atoms with E-state index in [2.05, 4.69) is 64.2 Å². The fraction of sp³-hybridized carbons (Fsp3) is 0.857. The van der Waals surface area contributed by atoms with Crippen LogP contribution in [0.3, 0.4) is 0 Å². The Morgan fingerprint density at radius 2 is 1.50 bits per heavy atom. The molecule has 0 spiro atoms. The molecule has 10 heavy (non-hydrogen) atoms. The molecule has 0 saturated carbocycles. The van der Waals surface area contributed by atoms with Crippen molar-refractivity contribution in [1.29, 1.82) is 0 Å². The summed E-state index contributed by atoms with van der Waals surface area (Å²) < 4.78 is 1.22. The Kier molecular flexibility index (Phi) is 4.88. The molecule has 0 aromatic rings. The van der Waals surface area contributed by atoms with Crippen molar-refractivity contribution in [3.05, 3.63) is 0 Å². The summed E-state index contributed by atoms with van der Waals surface area (Å²) in [5.74, 6) is 0. The van der Waals surface area contributed by atoms with Crippen molar-refractivity contribution in [1.82, 2.24) is 4.90 Å². The van der Waals surface area contributed by atoms with Crippen molar-refractivity contribution in [2.24, 2.45) is 0 Å². The van der Waals surface area contributed by atoms with Crippen LogP contribution in [0.15, 0.2) is 0 Å². The van der Waals surface area contributed by atoms with E-state index in [1.54, 1.807) is 0 Å². The van der Waals surface area contributed by atoms with Crippen LogP contribution in [-0.4, -0.2) is 52.0 Å². The number of hydrogen-bond donors (Lipinski definition) is 0. The first kappa shape index (κ1) is 10.7. The topological polar surface area (TPSA) is 3.24 Å². The molecule has 0 heterocycles. The van der Waals surface area contributed by atoms with Crippen molar-refractivity contribution >= 4 is 35.0 Å². The average molecular weight is 271 g/mol. The molecule has 1 nitrogen and oxygen atoms in total. The molecular formula is C7H15NSe2. The molecule has 0 fully saturated rings. The van der Waals surface area contributed by atoms with Crippen LogP contribution in [0.25, 0.3) is 0 Å². The molecule has 0 rings (SSSR count). The molecule has 0 aromatic heterocycles. The van der Waals surface area contributed by atoms with E-state index in [1.807, 2.05) is 0 Å². The Balaban J connectivity index is 4.12. The van der Waals surface area contributed by atoms with Gasteiger partial charge in [0.2, 0.25) is 0 Å². The standard InChI is InChI=1S/C7H15NSe2/c1-5(2)8(6(3)4)7(9)10/h5-6H,1-4H3,(H,9,10). The van der Waals surface area contributed by atoms with Gasteiger partial charge in [0.05, 0.1) is 0 Å². The van der Waals surface area contributed by atoms with Crippen LogP contribution in [0, 0.1) is 0 Å². The Morgan fingerprint density at radius 3 is 1.50 bits per heavy atom. The summed E-state index contributed by atoms with van der Waals surface area (Å²) in [7, 11) is 0. The predicted molar refractivity (Wildman–Crippen MR) is 50.0 cm³/mol. The van der Waals surface area contributed by atoms with Crippen LogP contribution >= 0.6 is 0 Å². The van der Waals surface area contributed by atoms with Gasteiger partial charge < -0.3 is 0 Å². The monoisotopic (exact) mass is 273 g/mol. The maximum absolute atomic E-state index is 3.02. The minimum absolute atomic E-state index is 0.583. The summed E-state index contributed by atoms with van der Waals surface area (Å²) in [6.45, 7) is 8.80. The first-order chi connectivity index (χ1) is 4.46. The summed E-state index contributed by atoms with van der Waals surface area (Å²) in [5.41, 5.74) is 0. The van der Waals surface area contributed by atoms with Gasteiger partial charge in [0, 0.05) is 0 Å². The number of hydrogen-bond acceptors (Lipinski definition) is 1. The quantitative estimate of drug-likeness (QED) is 0.666. The maximum atomic E-state index is 3.02. The van der Waals surface area contributed by atoms with E-state index in [1.165, 1.54) is 3.44 Å². The molecule has 0 N–H and O–H groups in total. The Hall–Kier alpha value is 0.709. The summed E-state index contributed by atoms with van der Waals surface area (Å²) in [6, 6.07) is 1.17. The number of nitrogens with zero attached hydrogens (tertiary/aromatic N) is 1. The van der Waals surface area contributed by atoms with Crippen molar-refractivity contribution in [2.45, 2.75) is 39.8 Å². The van der Waals surface area contributed by atoms with Gasteiger partial charge in [-0.3, -0.25) is 0 Å². The zero-order valence-electron chi connectivity index (χ0n) is 6.96. The molecule has 0 aromatic carbocycles. The third-order valence-corrected chi connectivity index (χ3v) is 2.26. The second-order valence-corrected chi connectivity index (χ2v) is 6.05. The molecule has 0 saturated heterocycles. The van der Waals surface area contributed by atoms with Crippen molar-refractivity contribution in [3.63, 3.8) is 0 Å². The third-order valence-electron chi connectivity index (χ3n) is 1.33. The first-order valence-corrected chi connectivity index (χ1v) is 5.27. The molecule has 0 unspecified atom stereocenters. The molecule has 0 aliphatic heterocycles. The average Bonchev–Trinajstić information content (AvgIpc) is 1.59. The molecule has 0 aliphatic carbocycles. The molecule has 3 heteroatoms. The van der Waals surface area contributed by atoms with Crippen LogP contribution in [0.2, 0.25) is 0 Å². The summed E-state index contributed by atoms with van der Waals surface area (Å²) in [6.07, 6.45) is 0. The zero-order valence-corrected chi connectivity index (χ0v) is 10.5. The molecule has 0 amide bonds.